The van der Waals surface area contributed by atoms with Gasteiger partial charge in [-0.05, 0) is 74.1 Å². The fraction of sp³-hybridized carbons (Fsp3) is 0.458. The first-order valence-electron chi connectivity index (χ1n) is 10.5. The van der Waals surface area contributed by atoms with E-state index in [0.717, 1.165) is 24.6 Å². The summed E-state index contributed by atoms with van der Waals surface area (Å²) < 4.78 is 5.85. The lowest BCUT2D eigenvalue weighted by molar-refractivity contribution is -0.128. The summed E-state index contributed by atoms with van der Waals surface area (Å²) >= 11 is 5.91. The number of hydrogen-bond acceptors (Lipinski definition) is 3. The van der Waals surface area contributed by atoms with Crippen LogP contribution in [0.15, 0.2) is 48.5 Å². The molecule has 4 nitrogen and oxygen atoms in total. The number of anilines is 1. The third kappa shape index (κ3) is 5.89. The molecular formula is C24H31ClN2O2. The molecule has 3 atom stereocenters. The number of nitrogens with zero attached hydrogens (tertiary/aromatic N) is 1. The van der Waals surface area contributed by atoms with Gasteiger partial charge in [0.05, 0.1) is 6.04 Å². The maximum Gasteiger partial charge on any atom is 0.261 e. The highest BCUT2D eigenvalue weighted by Gasteiger charge is 2.21. The second-order valence-electron chi connectivity index (χ2n) is 7.98. The van der Waals surface area contributed by atoms with Crippen molar-refractivity contribution in [1.82, 2.24) is 5.32 Å². The molecule has 1 saturated heterocycles. The van der Waals surface area contributed by atoms with Crippen LogP contribution in [-0.2, 0) is 4.79 Å². The zero-order valence-electron chi connectivity index (χ0n) is 17.5. The van der Waals surface area contributed by atoms with Crippen LogP contribution in [0, 0.1) is 5.92 Å². The van der Waals surface area contributed by atoms with Crippen LogP contribution in [-0.4, -0.2) is 25.1 Å². The lowest BCUT2D eigenvalue weighted by Crippen LogP contribution is -2.39. The van der Waals surface area contributed by atoms with Gasteiger partial charge < -0.3 is 15.0 Å². The highest BCUT2D eigenvalue weighted by molar-refractivity contribution is 6.30. The van der Waals surface area contributed by atoms with Gasteiger partial charge in [0.2, 0.25) is 0 Å². The second kappa shape index (κ2) is 10.0. The van der Waals surface area contributed by atoms with Gasteiger partial charge in [-0.2, -0.15) is 0 Å². The van der Waals surface area contributed by atoms with Crippen molar-refractivity contribution in [2.45, 2.75) is 52.2 Å². The van der Waals surface area contributed by atoms with E-state index in [0.29, 0.717) is 17.2 Å². The molecule has 0 radical (unpaired) electrons. The Balaban J connectivity index is 1.58. The van der Waals surface area contributed by atoms with Gasteiger partial charge in [-0.1, -0.05) is 37.6 Å². The molecule has 0 aliphatic carbocycles. The summed E-state index contributed by atoms with van der Waals surface area (Å²) in [4.78, 5) is 15.2. The molecule has 0 spiro atoms. The number of hydrogen-bond donors (Lipinski definition) is 1. The molecule has 1 amide bonds. The number of halogens is 1. The van der Waals surface area contributed by atoms with Crippen LogP contribution >= 0.6 is 11.6 Å². The minimum Gasteiger partial charge on any atom is -0.481 e. The average molecular weight is 415 g/mol. The van der Waals surface area contributed by atoms with Crippen molar-refractivity contribution in [2.75, 3.05) is 18.0 Å². The number of ether oxygens (including phenoxy) is 1. The third-order valence-corrected chi connectivity index (χ3v) is 5.78. The van der Waals surface area contributed by atoms with Crippen molar-refractivity contribution < 1.29 is 9.53 Å². The molecule has 29 heavy (non-hydrogen) atoms. The lowest BCUT2D eigenvalue weighted by Gasteiger charge is -2.33. The first-order valence-corrected chi connectivity index (χ1v) is 10.9. The molecule has 156 valence electrons. The van der Waals surface area contributed by atoms with E-state index in [1.807, 2.05) is 13.8 Å². The van der Waals surface area contributed by atoms with E-state index in [1.54, 1.807) is 24.3 Å². The molecule has 2 aromatic carbocycles. The van der Waals surface area contributed by atoms with E-state index in [9.17, 15) is 4.79 Å². The van der Waals surface area contributed by atoms with Crippen LogP contribution in [0.5, 0.6) is 5.75 Å². The molecular weight excluding hydrogens is 384 g/mol. The normalized spacial score (nSPS) is 18.8. The maximum absolute atomic E-state index is 12.7. The van der Waals surface area contributed by atoms with Gasteiger partial charge in [-0.25, -0.2) is 0 Å². The number of amides is 1. The zero-order chi connectivity index (χ0) is 20.8. The topological polar surface area (TPSA) is 41.6 Å². The Kier molecular flexibility index (Phi) is 7.43. The van der Waals surface area contributed by atoms with Gasteiger partial charge in [-0.3, -0.25) is 4.79 Å². The molecule has 0 saturated carbocycles. The van der Waals surface area contributed by atoms with E-state index in [4.69, 9.17) is 16.3 Å². The molecule has 3 rings (SSSR count). The smallest absolute Gasteiger partial charge is 0.261 e. The summed E-state index contributed by atoms with van der Waals surface area (Å²) in [6, 6.07) is 15.5. The first kappa shape index (κ1) is 21.5. The van der Waals surface area contributed by atoms with Crippen molar-refractivity contribution in [2.24, 2.45) is 5.92 Å². The standard InChI is InChI=1S/C24H31ClN2O2/c1-4-23(29-22-13-9-20(25)10-14-22)24(28)26-18(3)19-7-11-21(12-8-19)27-15-5-6-17(2)16-27/h7-14,17-18,23H,4-6,15-16H2,1-3H3,(H,26,28)/t17-,18+,23+/m1/s1. The Hall–Kier alpha value is -2.20. The van der Waals surface area contributed by atoms with Gasteiger partial charge >= 0.3 is 0 Å². The van der Waals surface area contributed by atoms with Crippen LogP contribution in [0.2, 0.25) is 5.02 Å². The van der Waals surface area contributed by atoms with Crippen LogP contribution in [0.1, 0.15) is 51.6 Å². The number of carbonyl (C=O) groups excluding carboxylic acids is 1. The number of carbonyl (C=O) groups is 1. The number of nitrogens with one attached hydrogen (secondary N) is 1. The first-order chi connectivity index (χ1) is 14.0. The highest BCUT2D eigenvalue weighted by atomic mass is 35.5. The number of benzene rings is 2. The van der Waals surface area contributed by atoms with Crippen LogP contribution in [0.25, 0.3) is 0 Å². The quantitative estimate of drug-likeness (QED) is 0.640. The Labute approximate surface area is 179 Å². The fourth-order valence-corrected chi connectivity index (χ4v) is 3.91. The van der Waals surface area contributed by atoms with Crippen LogP contribution < -0.4 is 15.0 Å². The molecule has 5 heteroatoms. The highest BCUT2D eigenvalue weighted by Crippen LogP contribution is 2.25. The molecule has 2 aromatic rings. The van der Waals surface area contributed by atoms with E-state index in [-0.39, 0.29) is 11.9 Å². The molecule has 0 aromatic heterocycles. The Bertz CT molecular complexity index is 792. The minimum atomic E-state index is -0.535. The zero-order valence-corrected chi connectivity index (χ0v) is 18.3. The van der Waals surface area contributed by atoms with Crippen LogP contribution in [0.3, 0.4) is 0 Å². The molecule has 1 N–H and O–H groups in total. The predicted octanol–water partition coefficient (Wildman–Crippen LogP) is 5.61. The molecule has 1 aliphatic heterocycles. The van der Waals surface area contributed by atoms with Crippen molar-refractivity contribution in [1.29, 1.82) is 0 Å². The lowest BCUT2D eigenvalue weighted by atomic mass is 9.99. The SMILES string of the molecule is CC[C@H](Oc1ccc(Cl)cc1)C(=O)N[C@@H](C)c1ccc(N2CCC[C@@H](C)C2)cc1. The maximum atomic E-state index is 12.7. The Morgan fingerprint density at radius 2 is 1.90 bits per heavy atom. The molecule has 1 heterocycles. The summed E-state index contributed by atoms with van der Waals surface area (Å²) in [7, 11) is 0. The van der Waals surface area contributed by atoms with Crippen molar-refractivity contribution >= 4 is 23.2 Å². The summed E-state index contributed by atoms with van der Waals surface area (Å²) in [5, 5.41) is 3.73. The van der Waals surface area contributed by atoms with Gasteiger partial charge in [0.15, 0.2) is 6.10 Å². The second-order valence-corrected chi connectivity index (χ2v) is 8.42. The van der Waals surface area contributed by atoms with E-state index < -0.39 is 6.10 Å². The summed E-state index contributed by atoms with van der Waals surface area (Å²) in [6.45, 7) is 8.50. The molecule has 1 fully saturated rings. The number of piperidine rings is 1. The Morgan fingerprint density at radius 1 is 1.21 bits per heavy atom. The summed E-state index contributed by atoms with van der Waals surface area (Å²) in [5.74, 6) is 1.28. The predicted molar refractivity (Wildman–Crippen MR) is 120 cm³/mol. The van der Waals surface area contributed by atoms with Gasteiger partial charge in [0, 0.05) is 23.8 Å². The third-order valence-electron chi connectivity index (χ3n) is 5.53. The van der Waals surface area contributed by atoms with Gasteiger partial charge in [-0.15, -0.1) is 0 Å². The molecule has 1 aliphatic rings. The van der Waals surface area contributed by atoms with Crippen molar-refractivity contribution in [3.8, 4) is 5.75 Å². The fourth-order valence-electron chi connectivity index (χ4n) is 3.79. The molecule has 0 unspecified atom stereocenters. The van der Waals surface area contributed by atoms with E-state index in [2.05, 4.69) is 41.4 Å². The van der Waals surface area contributed by atoms with Gasteiger partial charge in [0.25, 0.3) is 5.91 Å². The van der Waals surface area contributed by atoms with Gasteiger partial charge in [0.1, 0.15) is 5.75 Å². The average Bonchev–Trinajstić information content (AvgIpc) is 2.73. The largest absolute Gasteiger partial charge is 0.481 e. The van der Waals surface area contributed by atoms with Crippen molar-refractivity contribution in [3.63, 3.8) is 0 Å². The van der Waals surface area contributed by atoms with Crippen LogP contribution in [0.4, 0.5) is 5.69 Å². The minimum absolute atomic E-state index is 0.0836. The Morgan fingerprint density at radius 3 is 2.52 bits per heavy atom. The van der Waals surface area contributed by atoms with Crippen molar-refractivity contribution in [3.05, 3.63) is 59.1 Å². The molecule has 0 bridgehead atoms. The summed E-state index contributed by atoms with van der Waals surface area (Å²) in [5.41, 5.74) is 2.35. The van der Waals surface area contributed by atoms with E-state index in [1.165, 1.54) is 18.5 Å². The monoisotopic (exact) mass is 414 g/mol. The van der Waals surface area contributed by atoms with E-state index >= 15 is 0 Å². The summed E-state index contributed by atoms with van der Waals surface area (Å²) in [6.07, 6.45) is 2.62. The number of rotatable bonds is 7.